The highest BCUT2D eigenvalue weighted by molar-refractivity contribution is 6.30. The third-order valence-electron chi connectivity index (χ3n) is 7.32. The largest absolute Gasteiger partial charge is 0.349 e. The average molecular weight is 528 g/mol. The van der Waals surface area contributed by atoms with Crippen molar-refractivity contribution in [3.8, 4) is 5.69 Å². The Kier molecular flexibility index (Phi) is 6.37. The molecule has 0 saturated heterocycles. The molecule has 1 aliphatic carbocycles. The Morgan fingerprint density at radius 3 is 2.58 bits per heavy atom. The first-order valence-corrected chi connectivity index (χ1v) is 13.1. The van der Waals surface area contributed by atoms with Gasteiger partial charge in [0.05, 0.1) is 39.2 Å². The molecule has 6 rings (SSSR count). The van der Waals surface area contributed by atoms with E-state index in [1.807, 2.05) is 34.9 Å². The number of nitrogens with zero attached hydrogens (tertiary/aromatic N) is 6. The average Bonchev–Trinajstić information content (AvgIpc) is 3.21. The van der Waals surface area contributed by atoms with Crippen LogP contribution in [0.25, 0.3) is 27.9 Å². The van der Waals surface area contributed by atoms with Crippen LogP contribution in [0, 0.1) is 12.8 Å². The normalized spacial score (nSPS) is 17.6. The molecule has 192 valence electrons. The van der Waals surface area contributed by atoms with E-state index in [0.29, 0.717) is 45.6 Å². The number of fused-ring (bicyclic) bond motifs is 2. The summed E-state index contributed by atoms with van der Waals surface area (Å²) in [6, 6.07) is 11.4. The molecule has 0 bridgehead atoms. The molecule has 1 fully saturated rings. The van der Waals surface area contributed by atoms with Crippen LogP contribution in [0.1, 0.15) is 41.7 Å². The molecule has 4 aromatic heterocycles. The summed E-state index contributed by atoms with van der Waals surface area (Å²) >= 11 is 6.04. The van der Waals surface area contributed by atoms with Crippen LogP contribution in [-0.4, -0.2) is 41.0 Å². The third-order valence-corrected chi connectivity index (χ3v) is 7.53. The molecule has 0 aliphatic heterocycles. The minimum Gasteiger partial charge on any atom is -0.349 e. The van der Waals surface area contributed by atoms with Gasteiger partial charge in [-0.05, 0) is 62.8 Å². The van der Waals surface area contributed by atoms with Crippen molar-refractivity contribution in [2.75, 3.05) is 0 Å². The number of rotatable bonds is 5. The van der Waals surface area contributed by atoms with Crippen LogP contribution in [0.3, 0.4) is 0 Å². The molecule has 5 aromatic rings. The van der Waals surface area contributed by atoms with Gasteiger partial charge in [0.2, 0.25) is 0 Å². The van der Waals surface area contributed by atoms with Crippen molar-refractivity contribution < 1.29 is 4.79 Å². The van der Waals surface area contributed by atoms with E-state index < -0.39 is 0 Å². The van der Waals surface area contributed by atoms with Gasteiger partial charge in [0.15, 0.2) is 5.65 Å². The molecule has 38 heavy (non-hydrogen) atoms. The number of aryl methyl sites for hydroxylation is 1. The second-order valence-corrected chi connectivity index (χ2v) is 10.2. The molecule has 10 heteroatoms. The summed E-state index contributed by atoms with van der Waals surface area (Å²) in [6.07, 6.45) is 9.96. The third kappa shape index (κ3) is 4.54. The fraction of sp³-hybridized carbons (Fsp3) is 0.286. The van der Waals surface area contributed by atoms with E-state index in [0.717, 1.165) is 36.7 Å². The summed E-state index contributed by atoms with van der Waals surface area (Å²) in [5, 5.41) is 3.59. The summed E-state index contributed by atoms with van der Waals surface area (Å²) < 4.78 is 3.56. The van der Waals surface area contributed by atoms with Gasteiger partial charge in [0, 0.05) is 31.2 Å². The molecule has 0 radical (unpaired) electrons. The van der Waals surface area contributed by atoms with Gasteiger partial charge < -0.3 is 5.32 Å². The molecule has 4 heterocycles. The van der Waals surface area contributed by atoms with Crippen LogP contribution in [0.5, 0.6) is 0 Å². The quantitative estimate of drug-likeness (QED) is 0.361. The van der Waals surface area contributed by atoms with Gasteiger partial charge in [-0.15, -0.1) is 0 Å². The molecule has 1 aromatic carbocycles. The number of benzene rings is 1. The SMILES string of the molecule is Cc1ncc(Cl)cc1C(=O)NC1CCC(Cn2c(=O)n(-c3cnc4nccnc4c3)c3ccccc32)CC1. The van der Waals surface area contributed by atoms with Gasteiger partial charge in [-0.2, -0.15) is 0 Å². The maximum atomic E-state index is 13.7. The van der Waals surface area contributed by atoms with Crippen molar-refractivity contribution in [1.29, 1.82) is 0 Å². The highest BCUT2D eigenvalue weighted by Crippen LogP contribution is 2.28. The molecule has 1 amide bonds. The number of halogens is 1. The van der Waals surface area contributed by atoms with Crippen LogP contribution in [0.4, 0.5) is 0 Å². The van der Waals surface area contributed by atoms with Gasteiger partial charge >= 0.3 is 5.69 Å². The van der Waals surface area contributed by atoms with E-state index in [4.69, 9.17) is 11.6 Å². The van der Waals surface area contributed by atoms with Crippen molar-refractivity contribution >= 4 is 39.7 Å². The molecule has 1 N–H and O–H groups in total. The van der Waals surface area contributed by atoms with E-state index in [9.17, 15) is 9.59 Å². The monoisotopic (exact) mass is 527 g/mol. The highest BCUT2D eigenvalue weighted by atomic mass is 35.5. The summed E-state index contributed by atoms with van der Waals surface area (Å²) in [4.78, 5) is 43.7. The summed E-state index contributed by atoms with van der Waals surface area (Å²) in [6.45, 7) is 2.42. The Bertz CT molecular complexity index is 1720. The topological polar surface area (TPSA) is 108 Å². The summed E-state index contributed by atoms with van der Waals surface area (Å²) in [7, 11) is 0. The van der Waals surface area contributed by atoms with Crippen LogP contribution < -0.4 is 11.0 Å². The molecule has 0 atom stereocenters. The van der Waals surface area contributed by atoms with E-state index in [1.54, 1.807) is 42.3 Å². The van der Waals surface area contributed by atoms with Crippen molar-refractivity contribution in [3.05, 3.63) is 87.9 Å². The number of carbonyl (C=O) groups is 1. The first-order chi connectivity index (χ1) is 18.5. The first kappa shape index (κ1) is 24.2. The lowest BCUT2D eigenvalue weighted by molar-refractivity contribution is 0.0919. The number of amides is 1. The van der Waals surface area contributed by atoms with Crippen LogP contribution in [0.15, 0.2) is 66.0 Å². The standard InChI is InChI=1S/C28H26ClN7O2/c1-17-22(12-19(29)14-32-17)27(37)34-20-8-6-18(7-9-20)16-35-24-4-2-3-5-25(24)36(28(35)38)21-13-23-26(33-15-21)31-11-10-30-23/h2-5,10-15,18,20H,6-9,16H2,1H3,(H,34,37). The zero-order chi connectivity index (χ0) is 26.2. The van der Waals surface area contributed by atoms with Gasteiger partial charge in [-0.25, -0.2) is 14.8 Å². The van der Waals surface area contributed by atoms with E-state index >= 15 is 0 Å². The number of hydrogen-bond acceptors (Lipinski definition) is 6. The lowest BCUT2D eigenvalue weighted by atomic mass is 9.85. The van der Waals surface area contributed by atoms with Gasteiger partial charge in [0.25, 0.3) is 5.91 Å². The van der Waals surface area contributed by atoms with Crippen molar-refractivity contribution in [2.45, 2.75) is 45.2 Å². The number of nitrogens with one attached hydrogen (secondary N) is 1. The zero-order valence-electron chi connectivity index (χ0n) is 20.8. The molecular formula is C28H26ClN7O2. The summed E-state index contributed by atoms with van der Waals surface area (Å²) in [5.41, 5.74) is 4.62. The van der Waals surface area contributed by atoms with Gasteiger partial charge in [-0.1, -0.05) is 23.7 Å². The van der Waals surface area contributed by atoms with E-state index in [2.05, 4.69) is 25.3 Å². The number of pyridine rings is 2. The predicted molar refractivity (Wildman–Crippen MR) is 146 cm³/mol. The van der Waals surface area contributed by atoms with Gasteiger partial charge in [0.1, 0.15) is 5.52 Å². The molecule has 1 aliphatic rings. The molecular weight excluding hydrogens is 502 g/mol. The molecule has 9 nitrogen and oxygen atoms in total. The Hall–Kier alpha value is -4.11. The second-order valence-electron chi connectivity index (χ2n) is 9.79. The minimum absolute atomic E-state index is 0.0833. The fourth-order valence-electron chi connectivity index (χ4n) is 5.35. The number of imidazole rings is 1. The van der Waals surface area contributed by atoms with Crippen molar-refractivity contribution in [1.82, 2.24) is 34.4 Å². The number of carbonyl (C=O) groups excluding carboxylic acids is 1. The predicted octanol–water partition coefficient (Wildman–Crippen LogP) is 4.48. The maximum Gasteiger partial charge on any atom is 0.333 e. The molecule has 0 unspecified atom stereocenters. The van der Waals surface area contributed by atoms with E-state index in [-0.39, 0.29) is 17.6 Å². The van der Waals surface area contributed by atoms with Crippen LogP contribution >= 0.6 is 11.6 Å². The fourth-order valence-corrected chi connectivity index (χ4v) is 5.51. The summed E-state index contributed by atoms with van der Waals surface area (Å²) in [5.74, 6) is 0.184. The lowest BCUT2D eigenvalue weighted by Gasteiger charge is -2.29. The molecule has 0 spiro atoms. The van der Waals surface area contributed by atoms with Gasteiger partial charge in [-0.3, -0.25) is 23.9 Å². The Labute approximate surface area is 223 Å². The second kappa shape index (κ2) is 9.98. The minimum atomic E-state index is -0.145. The first-order valence-electron chi connectivity index (χ1n) is 12.7. The Morgan fingerprint density at radius 1 is 1.00 bits per heavy atom. The van der Waals surface area contributed by atoms with E-state index in [1.165, 1.54) is 0 Å². The lowest BCUT2D eigenvalue weighted by Crippen LogP contribution is -2.39. The van der Waals surface area contributed by atoms with Crippen LogP contribution in [-0.2, 0) is 6.54 Å². The highest BCUT2D eigenvalue weighted by Gasteiger charge is 2.26. The Balaban J connectivity index is 1.21. The smallest absolute Gasteiger partial charge is 0.333 e. The van der Waals surface area contributed by atoms with Crippen molar-refractivity contribution in [3.63, 3.8) is 0 Å². The maximum absolute atomic E-state index is 13.7. The molecule has 1 saturated carbocycles. The van der Waals surface area contributed by atoms with Crippen LogP contribution in [0.2, 0.25) is 5.02 Å². The number of hydrogen-bond donors (Lipinski definition) is 1. The zero-order valence-corrected chi connectivity index (χ0v) is 21.6. The number of aromatic nitrogens is 6. The Morgan fingerprint density at radius 2 is 1.76 bits per heavy atom. The van der Waals surface area contributed by atoms with Crippen molar-refractivity contribution in [2.24, 2.45) is 5.92 Å². The number of para-hydroxylation sites is 2.